The molecule has 2 aliphatic heterocycles. The van der Waals surface area contributed by atoms with E-state index in [-0.39, 0.29) is 23.9 Å². The van der Waals surface area contributed by atoms with Crippen molar-refractivity contribution in [2.45, 2.75) is 44.8 Å². The highest BCUT2D eigenvalue weighted by Gasteiger charge is 2.33. The van der Waals surface area contributed by atoms with Gasteiger partial charge in [-0.25, -0.2) is 0 Å². The Morgan fingerprint density at radius 1 is 1.15 bits per heavy atom. The molecule has 3 heterocycles. The second kappa shape index (κ2) is 11.8. The highest BCUT2D eigenvalue weighted by atomic mass is 16.5. The molecule has 3 aromatic rings. The summed E-state index contributed by atoms with van der Waals surface area (Å²) in [4.78, 5) is 30.9. The topological polar surface area (TPSA) is 88.8 Å². The van der Waals surface area contributed by atoms with E-state index >= 15 is 0 Å². The molecule has 1 aromatic heterocycles. The van der Waals surface area contributed by atoms with Crippen LogP contribution in [0.1, 0.15) is 31.5 Å². The number of nitriles is 1. The zero-order valence-electron chi connectivity index (χ0n) is 24.5. The van der Waals surface area contributed by atoms with Gasteiger partial charge in [0, 0.05) is 48.4 Å². The molecule has 0 radical (unpaired) electrons. The molecule has 0 saturated carbocycles. The molecule has 5 rings (SSSR count). The monoisotopic (exact) mass is 553 g/mol. The lowest BCUT2D eigenvalue weighted by Gasteiger charge is -2.42. The number of hydrogen-bond acceptors (Lipinski definition) is 8. The Morgan fingerprint density at radius 3 is 2.68 bits per heavy atom. The predicted octanol–water partition coefficient (Wildman–Crippen LogP) is 4.03. The molecule has 2 aromatic carbocycles. The number of carbonyl (C=O) groups excluding carboxylic acids is 1. The molecule has 0 N–H and O–H groups in total. The van der Waals surface area contributed by atoms with E-state index in [2.05, 4.69) is 83.7 Å². The number of piperazine rings is 1. The number of ether oxygens (including phenoxy) is 1. The van der Waals surface area contributed by atoms with Crippen molar-refractivity contribution in [3.63, 3.8) is 0 Å². The summed E-state index contributed by atoms with van der Waals surface area (Å²) < 4.78 is 6.25. The smallest absolute Gasteiger partial charge is 0.318 e. The minimum Gasteiger partial charge on any atom is -0.461 e. The molecular weight excluding hydrogens is 514 g/mol. The van der Waals surface area contributed by atoms with E-state index in [0.717, 1.165) is 30.0 Å². The average Bonchev–Trinajstić information content (AvgIpc) is 2.98. The predicted molar refractivity (Wildman–Crippen MR) is 162 cm³/mol. The lowest BCUT2D eigenvalue weighted by atomic mass is 10.0. The first-order chi connectivity index (χ1) is 19.7. The molecule has 214 valence electrons. The SMILES string of the molecule is C=CC(=O)N1CCN(c2nc(OCC(C)(C)N(C)C)nc3c2CCN(c2cccc4ccccc24)C3)CC1CC#N. The van der Waals surface area contributed by atoms with Crippen LogP contribution in [-0.4, -0.2) is 84.1 Å². The first kappa shape index (κ1) is 28.4. The summed E-state index contributed by atoms with van der Waals surface area (Å²) in [6.07, 6.45) is 2.36. The van der Waals surface area contributed by atoms with Crippen molar-refractivity contribution in [2.75, 3.05) is 56.7 Å². The third kappa shape index (κ3) is 5.84. The summed E-state index contributed by atoms with van der Waals surface area (Å²) in [5.74, 6) is 0.703. The Hall–Kier alpha value is -4.16. The molecule has 0 aliphatic carbocycles. The Labute approximate surface area is 242 Å². The number of likely N-dealkylation sites (N-methyl/N-ethyl adjacent to an activating group) is 1. The maximum atomic E-state index is 12.5. The molecule has 1 saturated heterocycles. The number of benzene rings is 2. The minimum atomic E-state index is -0.238. The fraction of sp³-hybridized carbons (Fsp3) is 0.438. The van der Waals surface area contributed by atoms with Gasteiger partial charge in [0.1, 0.15) is 12.4 Å². The van der Waals surface area contributed by atoms with Crippen molar-refractivity contribution in [2.24, 2.45) is 0 Å². The molecular formula is C32H39N7O2. The molecule has 41 heavy (non-hydrogen) atoms. The summed E-state index contributed by atoms with van der Waals surface area (Å²) in [5, 5.41) is 11.9. The van der Waals surface area contributed by atoms with Crippen LogP contribution in [-0.2, 0) is 17.8 Å². The number of hydrogen-bond donors (Lipinski definition) is 0. The van der Waals surface area contributed by atoms with Crippen LogP contribution in [0.5, 0.6) is 6.01 Å². The zero-order valence-corrected chi connectivity index (χ0v) is 24.5. The van der Waals surface area contributed by atoms with Gasteiger partial charge >= 0.3 is 6.01 Å². The van der Waals surface area contributed by atoms with Crippen LogP contribution >= 0.6 is 0 Å². The number of fused-ring (bicyclic) bond motifs is 2. The van der Waals surface area contributed by atoms with Crippen molar-refractivity contribution >= 4 is 28.2 Å². The van der Waals surface area contributed by atoms with Crippen molar-refractivity contribution in [3.8, 4) is 12.1 Å². The number of anilines is 2. The third-order valence-electron chi connectivity index (χ3n) is 8.46. The van der Waals surface area contributed by atoms with Gasteiger partial charge in [0.25, 0.3) is 0 Å². The Bertz CT molecular complexity index is 1470. The normalized spacial score (nSPS) is 17.4. The van der Waals surface area contributed by atoms with E-state index in [1.165, 1.54) is 22.5 Å². The fourth-order valence-electron chi connectivity index (χ4n) is 5.51. The highest BCUT2D eigenvalue weighted by Crippen LogP contribution is 2.35. The maximum absolute atomic E-state index is 12.5. The van der Waals surface area contributed by atoms with Gasteiger partial charge in [0.2, 0.25) is 5.91 Å². The minimum absolute atomic E-state index is 0.143. The average molecular weight is 554 g/mol. The number of rotatable bonds is 8. The van der Waals surface area contributed by atoms with Gasteiger partial charge in [-0.1, -0.05) is 43.0 Å². The molecule has 9 nitrogen and oxygen atoms in total. The van der Waals surface area contributed by atoms with E-state index in [1.54, 1.807) is 4.90 Å². The largest absolute Gasteiger partial charge is 0.461 e. The lowest BCUT2D eigenvalue weighted by molar-refractivity contribution is -0.128. The van der Waals surface area contributed by atoms with Crippen molar-refractivity contribution in [1.82, 2.24) is 19.8 Å². The van der Waals surface area contributed by atoms with Gasteiger partial charge in [-0.2, -0.15) is 15.2 Å². The van der Waals surface area contributed by atoms with E-state index < -0.39 is 0 Å². The van der Waals surface area contributed by atoms with Crippen molar-refractivity contribution in [3.05, 3.63) is 66.4 Å². The number of nitrogens with zero attached hydrogens (tertiary/aromatic N) is 7. The van der Waals surface area contributed by atoms with Crippen molar-refractivity contribution < 1.29 is 9.53 Å². The second-order valence-corrected chi connectivity index (χ2v) is 11.6. The van der Waals surface area contributed by atoms with Gasteiger partial charge in [0.05, 0.1) is 30.8 Å². The number of carbonyl (C=O) groups is 1. The Balaban J connectivity index is 1.50. The van der Waals surface area contributed by atoms with Crippen LogP contribution in [0, 0.1) is 11.3 Å². The standard InChI is InChI=1S/C32H39N7O2/c1-6-29(40)39-19-18-38(20-24(39)14-16-33)30-26-15-17-37(28-13-9-11-23-10-7-8-12-25(23)28)21-27(26)34-31(35-30)41-22-32(2,3)36(4)5/h6-13,24H,1,14-15,17-22H2,2-5H3. The first-order valence-electron chi connectivity index (χ1n) is 14.2. The van der Waals surface area contributed by atoms with Gasteiger partial charge in [-0.15, -0.1) is 0 Å². The van der Waals surface area contributed by atoms with Gasteiger partial charge < -0.3 is 24.3 Å². The van der Waals surface area contributed by atoms with Crippen LogP contribution in [0.2, 0.25) is 0 Å². The molecule has 1 unspecified atom stereocenters. The molecule has 0 bridgehead atoms. The van der Waals surface area contributed by atoms with E-state index in [0.29, 0.717) is 38.8 Å². The van der Waals surface area contributed by atoms with E-state index in [4.69, 9.17) is 14.7 Å². The van der Waals surface area contributed by atoms with Crippen LogP contribution in [0.15, 0.2) is 55.1 Å². The van der Waals surface area contributed by atoms with Crippen LogP contribution < -0.4 is 14.5 Å². The molecule has 0 spiro atoms. The number of aromatic nitrogens is 2. The summed E-state index contributed by atoms with van der Waals surface area (Å²) in [6.45, 7) is 11.4. The lowest BCUT2D eigenvalue weighted by Crippen LogP contribution is -2.55. The quantitative estimate of drug-likeness (QED) is 0.387. The van der Waals surface area contributed by atoms with Crippen molar-refractivity contribution in [1.29, 1.82) is 5.26 Å². The highest BCUT2D eigenvalue weighted by molar-refractivity contribution is 5.94. The molecule has 1 amide bonds. The van der Waals surface area contributed by atoms with Crippen LogP contribution in [0.3, 0.4) is 0 Å². The van der Waals surface area contributed by atoms with Crippen LogP contribution in [0.4, 0.5) is 11.5 Å². The Morgan fingerprint density at radius 2 is 1.93 bits per heavy atom. The summed E-state index contributed by atoms with van der Waals surface area (Å²) in [6, 6.07) is 17.3. The third-order valence-corrected chi connectivity index (χ3v) is 8.46. The first-order valence-corrected chi connectivity index (χ1v) is 14.2. The van der Waals surface area contributed by atoms with Gasteiger partial charge in [0.15, 0.2) is 0 Å². The van der Waals surface area contributed by atoms with Gasteiger partial charge in [-0.3, -0.25) is 4.79 Å². The second-order valence-electron chi connectivity index (χ2n) is 11.6. The maximum Gasteiger partial charge on any atom is 0.318 e. The molecule has 1 atom stereocenters. The van der Waals surface area contributed by atoms with E-state index in [1.807, 2.05) is 14.1 Å². The summed E-state index contributed by atoms with van der Waals surface area (Å²) in [5.41, 5.74) is 3.05. The summed E-state index contributed by atoms with van der Waals surface area (Å²) in [7, 11) is 4.06. The zero-order chi connectivity index (χ0) is 29.1. The number of amides is 1. The van der Waals surface area contributed by atoms with Gasteiger partial charge in [-0.05, 0) is 51.9 Å². The molecule has 2 aliphatic rings. The molecule has 1 fully saturated rings. The van der Waals surface area contributed by atoms with E-state index in [9.17, 15) is 10.1 Å². The van der Waals surface area contributed by atoms with Crippen LogP contribution in [0.25, 0.3) is 10.8 Å². The fourth-order valence-corrected chi connectivity index (χ4v) is 5.51. The molecule has 9 heteroatoms. The summed E-state index contributed by atoms with van der Waals surface area (Å²) >= 11 is 0. The Kier molecular flexibility index (Phi) is 8.13.